The maximum Gasteiger partial charge on any atom is 0.307 e. The summed E-state index contributed by atoms with van der Waals surface area (Å²) < 4.78 is 0. The number of hydrogen-bond acceptors (Lipinski definition) is 1. The summed E-state index contributed by atoms with van der Waals surface area (Å²) in [4.78, 5) is 10.2. The third kappa shape index (κ3) is 15.2. The van der Waals surface area contributed by atoms with Crippen LogP contribution < -0.4 is 0 Å². The zero-order chi connectivity index (χ0) is 12.8. The Morgan fingerprint density at radius 2 is 1.41 bits per heavy atom. The zero-order valence-corrected chi connectivity index (χ0v) is 11.3. The summed E-state index contributed by atoms with van der Waals surface area (Å²) in [5, 5.41) is 8.42. The molecule has 0 amide bonds. The average Bonchev–Trinajstić information content (AvgIpc) is 2.30. The lowest BCUT2D eigenvalue weighted by atomic mass is 10.1. The highest BCUT2D eigenvalue weighted by molar-refractivity contribution is 5.68. The molecule has 100 valence electrons. The number of aliphatic carboxylic acids is 1. The second-order valence-corrected chi connectivity index (χ2v) is 4.69. The van der Waals surface area contributed by atoms with E-state index in [-0.39, 0.29) is 6.42 Å². The maximum atomic E-state index is 10.2. The normalized spacial score (nSPS) is 11.1. The van der Waals surface area contributed by atoms with Gasteiger partial charge in [0, 0.05) is 0 Å². The summed E-state index contributed by atoms with van der Waals surface area (Å²) >= 11 is 0. The smallest absolute Gasteiger partial charge is 0.307 e. The number of allylic oxidation sites excluding steroid dienone is 1. The molecule has 0 aliphatic carbocycles. The average molecular weight is 240 g/mol. The van der Waals surface area contributed by atoms with Gasteiger partial charge in [-0.05, 0) is 12.8 Å². The van der Waals surface area contributed by atoms with Crippen LogP contribution in [0.5, 0.6) is 0 Å². The molecule has 0 aliphatic heterocycles. The summed E-state index contributed by atoms with van der Waals surface area (Å²) in [7, 11) is 0. The van der Waals surface area contributed by atoms with E-state index in [1.54, 1.807) is 6.08 Å². The second-order valence-electron chi connectivity index (χ2n) is 4.69. The van der Waals surface area contributed by atoms with Crippen LogP contribution in [0, 0.1) is 0 Å². The summed E-state index contributed by atoms with van der Waals surface area (Å²) in [5.74, 6) is -0.742. The van der Waals surface area contributed by atoms with Crippen molar-refractivity contribution in [2.24, 2.45) is 0 Å². The van der Waals surface area contributed by atoms with Crippen LogP contribution in [0.4, 0.5) is 0 Å². The second kappa shape index (κ2) is 13.3. The molecule has 0 rings (SSSR count). The van der Waals surface area contributed by atoms with E-state index in [0.717, 1.165) is 6.42 Å². The molecule has 0 saturated carbocycles. The molecule has 0 fully saturated rings. The number of hydrogen-bond donors (Lipinski definition) is 1. The molecular formula is C15H28O2. The molecule has 2 heteroatoms. The van der Waals surface area contributed by atoms with E-state index in [9.17, 15) is 4.79 Å². The fourth-order valence-electron chi connectivity index (χ4n) is 1.87. The van der Waals surface area contributed by atoms with Crippen LogP contribution >= 0.6 is 0 Å². The van der Waals surface area contributed by atoms with Gasteiger partial charge in [-0.1, -0.05) is 70.4 Å². The number of unbranched alkanes of at least 4 members (excludes halogenated alkanes) is 9. The minimum Gasteiger partial charge on any atom is -0.481 e. The van der Waals surface area contributed by atoms with Crippen molar-refractivity contribution >= 4 is 5.97 Å². The third-order valence-corrected chi connectivity index (χ3v) is 2.93. The Balaban J connectivity index is 3.03. The highest BCUT2D eigenvalue weighted by Gasteiger charge is 1.92. The number of carboxylic acids is 1. The maximum absolute atomic E-state index is 10.2. The van der Waals surface area contributed by atoms with Gasteiger partial charge >= 0.3 is 5.97 Å². The van der Waals surface area contributed by atoms with Gasteiger partial charge in [-0.3, -0.25) is 4.79 Å². The first-order chi connectivity index (χ1) is 8.27. The minimum atomic E-state index is -0.742. The minimum absolute atomic E-state index is 0.164. The monoisotopic (exact) mass is 240 g/mol. The van der Waals surface area contributed by atoms with Crippen LogP contribution in [0.25, 0.3) is 0 Å². The predicted molar refractivity (Wildman–Crippen MR) is 73.2 cm³/mol. The first-order valence-electron chi connectivity index (χ1n) is 7.14. The topological polar surface area (TPSA) is 37.3 Å². The Morgan fingerprint density at radius 3 is 1.94 bits per heavy atom. The molecule has 1 N–H and O–H groups in total. The molecule has 0 bridgehead atoms. The van der Waals surface area contributed by atoms with Crippen LogP contribution in [0.15, 0.2) is 12.2 Å². The molecule has 0 heterocycles. The Kier molecular flexibility index (Phi) is 12.7. The van der Waals surface area contributed by atoms with Gasteiger partial charge in [0.2, 0.25) is 0 Å². The largest absolute Gasteiger partial charge is 0.481 e. The fraction of sp³-hybridized carbons (Fsp3) is 0.800. The van der Waals surface area contributed by atoms with Gasteiger partial charge in [0.15, 0.2) is 0 Å². The van der Waals surface area contributed by atoms with Gasteiger partial charge in [0.1, 0.15) is 0 Å². The Morgan fingerprint density at radius 1 is 0.882 bits per heavy atom. The molecule has 0 radical (unpaired) electrons. The molecule has 0 aliphatic rings. The van der Waals surface area contributed by atoms with E-state index in [1.807, 2.05) is 6.08 Å². The van der Waals surface area contributed by atoms with Crippen LogP contribution in [0.1, 0.15) is 77.6 Å². The lowest BCUT2D eigenvalue weighted by Crippen LogP contribution is -1.89. The van der Waals surface area contributed by atoms with E-state index in [2.05, 4.69) is 6.92 Å². The summed E-state index contributed by atoms with van der Waals surface area (Å²) in [6.07, 6.45) is 17.0. The Labute approximate surface area is 106 Å². The molecule has 2 nitrogen and oxygen atoms in total. The molecule has 0 aromatic carbocycles. The van der Waals surface area contributed by atoms with E-state index >= 15 is 0 Å². The molecule has 17 heavy (non-hydrogen) atoms. The quantitative estimate of drug-likeness (QED) is 0.387. The highest BCUT2D eigenvalue weighted by atomic mass is 16.4. The van der Waals surface area contributed by atoms with Gasteiger partial charge in [-0.25, -0.2) is 0 Å². The van der Waals surface area contributed by atoms with E-state index < -0.39 is 5.97 Å². The number of carbonyl (C=O) groups is 1. The Bertz CT molecular complexity index is 197. The fourth-order valence-corrected chi connectivity index (χ4v) is 1.87. The molecule has 0 aromatic rings. The molecule has 0 atom stereocenters. The SMILES string of the molecule is CCCCCCCCCCCC=CCC(=O)O. The third-order valence-electron chi connectivity index (χ3n) is 2.93. The number of rotatable bonds is 12. The van der Waals surface area contributed by atoms with Crippen molar-refractivity contribution in [2.45, 2.75) is 77.6 Å². The molecule has 0 saturated heterocycles. The zero-order valence-electron chi connectivity index (χ0n) is 11.3. The van der Waals surface area contributed by atoms with Gasteiger partial charge in [0.05, 0.1) is 6.42 Å². The lowest BCUT2D eigenvalue weighted by Gasteiger charge is -2.00. The summed E-state index contributed by atoms with van der Waals surface area (Å²) in [6, 6.07) is 0. The van der Waals surface area contributed by atoms with Crippen molar-refractivity contribution in [3.8, 4) is 0 Å². The highest BCUT2D eigenvalue weighted by Crippen LogP contribution is 2.10. The first-order valence-corrected chi connectivity index (χ1v) is 7.14. The van der Waals surface area contributed by atoms with Crippen LogP contribution in [-0.4, -0.2) is 11.1 Å². The van der Waals surface area contributed by atoms with Crippen molar-refractivity contribution in [2.75, 3.05) is 0 Å². The van der Waals surface area contributed by atoms with Gasteiger partial charge in [-0.15, -0.1) is 0 Å². The molecule has 0 aromatic heterocycles. The van der Waals surface area contributed by atoms with Crippen molar-refractivity contribution in [1.82, 2.24) is 0 Å². The molecular weight excluding hydrogens is 212 g/mol. The summed E-state index contributed by atoms with van der Waals surface area (Å²) in [5.41, 5.74) is 0. The Hall–Kier alpha value is -0.790. The van der Waals surface area contributed by atoms with Crippen LogP contribution in [0.3, 0.4) is 0 Å². The van der Waals surface area contributed by atoms with Crippen molar-refractivity contribution in [3.63, 3.8) is 0 Å². The van der Waals surface area contributed by atoms with Crippen molar-refractivity contribution in [1.29, 1.82) is 0 Å². The van der Waals surface area contributed by atoms with Crippen molar-refractivity contribution < 1.29 is 9.90 Å². The summed E-state index contributed by atoms with van der Waals surface area (Å²) in [6.45, 7) is 2.25. The first kappa shape index (κ1) is 16.2. The van der Waals surface area contributed by atoms with Gasteiger partial charge in [0.25, 0.3) is 0 Å². The predicted octanol–water partition coefficient (Wildman–Crippen LogP) is 4.94. The standard InChI is InChI=1S/C15H28O2/c1-2-3-4-5-6-7-8-9-10-11-12-13-14-15(16)17/h12-13H,2-11,14H2,1H3,(H,16,17). The molecule has 0 spiro atoms. The van der Waals surface area contributed by atoms with Crippen molar-refractivity contribution in [3.05, 3.63) is 12.2 Å². The number of carboxylic acid groups (broad SMARTS) is 1. The van der Waals surface area contributed by atoms with E-state index in [4.69, 9.17) is 5.11 Å². The van der Waals surface area contributed by atoms with E-state index in [0.29, 0.717) is 0 Å². The van der Waals surface area contributed by atoms with Gasteiger partial charge in [-0.2, -0.15) is 0 Å². The van der Waals surface area contributed by atoms with Crippen LogP contribution in [0.2, 0.25) is 0 Å². The van der Waals surface area contributed by atoms with E-state index in [1.165, 1.54) is 57.8 Å². The lowest BCUT2D eigenvalue weighted by molar-refractivity contribution is -0.136. The van der Waals surface area contributed by atoms with Crippen LogP contribution in [-0.2, 0) is 4.79 Å². The van der Waals surface area contributed by atoms with Gasteiger partial charge < -0.3 is 5.11 Å². The molecule has 0 unspecified atom stereocenters.